The van der Waals surface area contributed by atoms with E-state index in [4.69, 9.17) is 14.2 Å². The standard InChI is InChI=1S/C21H38N2O5/c1-13(2)10-16-17(14-11-22(8)12-15(14)18(24)26-9)27-21(6,7)23(16)19(25)28-20(3,4)5/h13-17H,10-12H2,1-9H3/t14-,15-,16+,17+/m1/s1. The van der Waals surface area contributed by atoms with Crippen LogP contribution in [-0.2, 0) is 19.0 Å². The fraction of sp³-hybridized carbons (Fsp3) is 0.905. The van der Waals surface area contributed by atoms with Gasteiger partial charge in [0.05, 0.1) is 25.2 Å². The van der Waals surface area contributed by atoms with Gasteiger partial charge in [0.15, 0.2) is 0 Å². The highest BCUT2D eigenvalue weighted by atomic mass is 16.6. The van der Waals surface area contributed by atoms with Gasteiger partial charge in [0, 0.05) is 19.0 Å². The van der Waals surface area contributed by atoms with Gasteiger partial charge in [-0.3, -0.25) is 9.69 Å². The van der Waals surface area contributed by atoms with Gasteiger partial charge in [0.2, 0.25) is 0 Å². The first-order valence-electron chi connectivity index (χ1n) is 10.2. The Labute approximate surface area is 169 Å². The minimum absolute atomic E-state index is 0.0343. The van der Waals surface area contributed by atoms with E-state index in [1.54, 1.807) is 4.90 Å². The predicted molar refractivity (Wildman–Crippen MR) is 107 cm³/mol. The van der Waals surface area contributed by atoms with Gasteiger partial charge in [0.1, 0.15) is 11.3 Å². The lowest BCUT2D eigenvalue weighted by atomic mass is 9.84. The Hall–Kier alpha value is -1.34. The van der Waals surface area contributed by atoms with Crippen LogP contribution in [0.15, 0.2) is 0 Å². The van der Waals surface area contributed by atoms with Gasteiger partial charge in [-0.15, -0.1) is 0 Å². The van der Waals surface area contributed by atoms with Crippen molar-refractivity contribution in [2.75, 3.05) is 27.2 Å². The van der Waals surface area contributed by atoms with Crippen LogP contribution >= 0.6 is 0 Å². The molecule has 2 aliphatic rings. The molecule has 1 amide bonds. The molecule has 0 aliphatic carbocycles. The number of amides is 1. The zero-order valence-electron chi connectivity index (χ0n) is 18.9. The van der Waals surface area contributed by atoms with Gasteiger partial charge in [-0.05, 0) is 54.0 Å². The number of methoxy groups -OCH3 is 1. The Morgan fingerprint density at radius 2 is 1.82 bits per heavy atom. The first kappa shape index (κ1) is 22.9. The zero-order chi connectivity index (χ0) is 21.4. The molecule has 28 heavy (non-hydrogen) atoms. The Morgan fingerprint density at radius 1 is 1.21 bits per heavy atom. The molecule has 2 fully saturated rings. The molecule has 0 unspecified atom stereocenters. The number of esters is 1. The first-order valence-corrected chi connectivity index (χ1v) is 10.2. The third-order valence-electron chi connectivity index (χ3n) is 5.49. The quantitative estimate of drug-likeness (QED) is 0.678. The Balaban J connectivity index is 2.38. The summed E-state index contributed by atoms with van der Waals surface area (Å²) in [5, 5.41) is 0. The second kappa shape index (κ2) is 8.19. The van der Waals surface area contributed by atoms with Crippen LogP contribution in [0.5, 0.6) is 0 Å². The number of nitrogens with zero attached hydrogens (tertiary/aromatic N) is 2. The average molecular weight is 399 g/mol. The van der Waals surface area contributed by atoms with Crippen LogP contribution in [0.2, 0.25) is 0 Å². The Bertz CT molecular complexity index is 584. The number of carbonyl (C=O) groups excluding carboxylic acids is 2. The smallest absolute Gasteiger partial charge is 0.412 e. The van der Waals surface area contributed by atoms with E-state index in [2.05, 4.69) is 18.7 Å². The van der Waals surface area contributed by atoms with Gasteiger partial charge >= 0.3 is 12.1 Å². The van der Waals surface area contributed by atoms with Crippen LogP contribution in [0.4, 0.5) is 4.79 Å². The fourth-order valence-electron chi connectivity index (χ4n) is 4.54. The van der Waals surface area contributed by atoms with Crippen molar-refractivity contribution >= 4 is 12.1 Å². The van der Waals surface area contributed by atoms with Crippen molar-refractivity contribution in [2.45, 2.75) is 78.4 Å². The highest BCUT2D eigenvalue weighted by Gasteiger charge is 2.56. The van der Waals surface area contributed by atoms with E-state index in [0.29, 0.717) is 12.5 Å². The summed E-state index contributed by atoms with van der Waals surface area (Å²) in [6.45, 7) is 15.0. The summed E-state index contributed by atoms with van der Waals surface area (Å²) in [4.78, 5) is 29.4. The normalized spacial score (nSPS) is 30.7. The van der Waals surface area contributed by atoms with E-state index in [0.717, 1.165) is 13.0 Å². The number of likely N-dealkylation sites (tertiary alicyclic amines) is 1. The van der Waals surface area contributed by atoms with Crippen LogP contribution in [-0.4, -0.2) is 72.6 Å². The van der Waals surface area contributed by atoms with Crippen LogP contribution in [0.3, 0.4) is 0 Å². The third-order valence-corrected chi connectivity index (χ3v) is 5.49. The first-order chi connectivity index (χ1) is 12.8. The summed E-state index contributed by atoms with van der Waals surface area (Å²) >= 11 is 0. The molecule has 162 valence electrons. The zero-order valence-corrected chi connectivity index (χ0v) is 18.9. The summed E-state index contributed by atoms with van der Waals surface area (Å²) in [7, 11) is 3.43. The summed E-state index contributed by atoms with van der Waals surface area (Å²) in [5.41, 5.74) is -1.40. The molecule has 0 spiro atoms. The van der Waals surface area contributed by atoms with Crippen molar-refractivity contribution in [1.29, 1.82) is 0 Å². The van der Waals surface area contributed by atoms with Gasteiger partial charge < -0.3 is 19.1 Å². The molecule has 2 saturated heterocycles. The topological polar surface area (TPSA) is 68.3 Å². The SMILES string of the molecule is COC(=O)[C@@H]1CN(C)C[C@H]1[C@@H]1OC(C)(C)N(C(=O)OC(C)(C)C)[C@H]1CC(C)C. The number of ether oxygens (including phenoxy) is 3. The van der Waals surface area contributed by atoms with E-state index < -0.39 is 11.3 Å². The van der Waals surface area contributed by atoms with E-state index in [-0.39, 0.29) is 36.0 Å². The molecule has 0 N–H and O–H groups in total. The lowest BCUT2D eigenvalue weighted by molar-refractivity contribution is -0.149. The highest BCUT2D eigenvalue weighted by molar-refractivity contribution is 5.74. The summed E-state index contributed by atoms with van der Waals surface area (Å²) in [6.07, 6.45) is 0.159. The molecule has 2 heterocycles. The summed E-state index contributed by atoms with van der Waals surface area (Å²) in [6, 6.07) is -0.159. The molecule has 2 rings (SSSR count). The van der Waals surface area contributed by atoms with Gasteiger partial charge in [0.25, 0.3) is 0 Å². The molecule has 0 bridgehead atoms. The maximum atomic E-state index is 13.1. The molecular formula is C21H38N2O5. The third kappa shape index (κ3) is 4.98. The second-order valence-corrected chi connectivity index (χ2v) is 10.1. The van der Waals surface area contributed by atoms with Crippen molar-refractivity contribution in [3.63, 3.8) is 0 Å². The maximum Gasteiger partial charge on any atom is 0.412 e. The van der Waals surface area contributed by atoms with Crippen molar-refractivity contribution in [1.82, 2.24) is 9.80 Å². The minimum Gasteiger partial charge on any atom is -0.469 e. The molecular weight excluding hydrogens is 360 g/mol. The van der Waals surface area contributed by atoms with E-state index in [1.807, 2.05) is 41.7 Å². The van der Waals surface area contributed by atoms with Crippen LogP contribution in [0, 0.1) is 17.8 Å². The number of hydrogen-bond donors (Lipinski definition) is 0. The van der Waals surface area contributed by atoms with Gasteiger partial charge in [-0.25, -0.2) is 4.79 Å². The second-order valence-electron chi connectivity index (χ2n) is 10.1. The average Bonchev–Trinajstić information content (AvgIpc) is 3.01. The molecule has 0 aromatic heterocycles. The van der Waals surface area contributed by atoms with Gasteiger partial charge in [-0.2, -0.15) is 0 Å². The monoisotopic (exact) mass is 398 g/mol. The lowest BCUT2D eigenvalue weighted by Crippen LogP contribution is -2.51. The van der Waals surface area contributed by atoms with Crippen molar-refractivity contribution in [3.05, 3.63) is 0 Å². The molecule has 0 aromatic rings. The fourth-order valence-corrected chi connectivity index (χ4v) is 4.54. The Morgan fingerprint density at radius 3 is 2.32 bits per heavy atom. The van der Waals surface area contributed by atoms with Crippen molar-refractivity contribution in [3.8, 4) is 0 Å². The molecule has 2 aliphatic heterocycles. The van der Waals surface area contributed by atoms with Crippen molar-refractivity contribution < 1.29 is 23.8 Å². The summed E-state index contributed by atoms with van der Waals surface area (Å²) < 4.78 is 17.2. The number of carbonyl (C=O) groups is 2. The van der Waals surface area contributed by atoms with E-state index >= 15 is 0 Å². The molecule has 0 aromatic carbocycles. The van der Waals surface area contributed by atoms with E-state index in [9.17, 15) is 9.59 Å². The van der Waals surface area contributed by atoms with Crippen molar-refractivity contribution in [2.24, 2.45) is 17.8 Å². The predicted octanol–water partition coefficient (Wildman–Crippen LogP) is 3.12. The van der Waals surface area contributed by atoms with Crippen LogP contribution < -0.4 is 0 Å². The van der Waals surface area contributed by atoms with Crippen LogP contribution in [0.25, 0.3) is 0 Å². The number of hydrogen-bond acceptors (Lipinski definition) is 6. The minimum atomic E-state index is -0.811. The van der Waals surface area contributed by atoms with E-state index in [1.165, 1.54) is 7.11 Å². The molecule has 7 nitrogen and oxygen atoms in total. The maximum absolute atomic E-state index is 13.1. The van der Waals surface area contributed by atoms with Gasteiger partial charge in [-0.1, -0.05) is 13.8 Å². The van der Waals surface area contributed by atoms with Crippen LogP contribution in [0.1, 0.15) is 54.9 Å². The molecule has 0 saturated carbocycles. The lowest BCUT2D eigenvalue weighted by Gasteiger charge is -2.36. The Kier molecular flexibility index (Phi) is 6.71. The highest BCUT2D eigenvalue weighted by Crippen LogP contribution is 2.43. The summed E-state index contributed by atoms with van der Waals surface area (Å²) in [5.74, 6) is -0.141. The molecule has 0 radical (unpaired) electrons. The number of rotatable bonds is 4. The molecule has 7 heteroatoms. The largest absolute Gasteiger partial charge is 0.469 e. The molecule has 4 atom stereocenters.